The number of pyridine rings is 1. The zero-order valence-corrected chi connectivity index (χ0v) is 11.2. The molecule has 16 heavy (non-hydrogen) atoms. The lowest BCUT2D eigenvalue weighted by atomic mass is 9.97. The van der Waals surface area contributed by atoms with E-state index in [4.69, 9.17) is 0 Å². The highest BCUT2D eigenvalue weighted by Gasteiger charge is 2.10. The van der Waals surface area contributed by atoms with Gasteiger partial charge in [0.2, 0.25) is 0 Å². The third kappa shape index (κ3) is 3.93. The average Bonchev–Trinajstić information content (AvgIpc) is 2.16. The fourth-order valence-corrected chi connectivity index (χ4v) is 2.05. The van der Waals surface area contributed by atoms with E-state index in [1.54, 1.807) is 0 Å². The smallest absolute Gasteiger partial charge is 0.0379 e. The van der Waals surface area contributed by atoms with Crippen LogP contribution in [0.4, 0.5) is 0 Å². The standard InChI is InChI=1S/C14H24N2/c1-10(2)6-7-14(15-5)13-8-11(3)16-12(4)9-13/h8-10,14-15H,6-7H2,1-5H3. The Bertz CT molecular complexity index is 311. The molecule has 0 spiro atoms. The fourth-order valence-electron chi connectivity index (χ4n) is 2.05. The molecule has 0 saturated heterocycles. The molecule has 0 aliphatic carbocycles. The van der Waals surface area contributed by atoms with Gasteiger partial charge in [-0.25, -0.2) is 0 Å². The van der Waals surface area contributed by atoms with Crippen molar-refractivity contribution in [2.45, 2.75) is 46.6 Å². The minimum Gasteiger partial charge on any atom is -0.313 e. The predicted octanol–water partition coefficient (Wildman–Crippen LogP) is 3.40. The lowest BCUT2D eigenvalue weighted by Crippen LogP contribution is -2.17. The van der Waals surface area contributed by atoms with Crippen LogP contribution in [-0.4, -0.2) is 12.0 Å². The number of aryl methyl sites for hydroxylation is 2. The van der Waals surface area contributed by atoms with Crippen molar-refractivity contribution in [2.75, 3.05) is 7.05 Å². The number of hydrogen-bond donors (Lipinski definition) is 1. The zero-order chi connectivity index (χ0) is 12.1. The largest absolute Gasteiger partial charge is 0.313 e. The molecular formula is C14H24N2. The van der Waals surface area contributed by atoms with Crippen molar-refractivity contribution in [1.82, 2.24) is 10.3 Å². The van der Waals surface area contributed by atoms with Crippen molar-refractivity contribution in [3.05, 3.63) is 29.1 Å². The van der Waals surface area contributed by atoms with Crippen LogP contribution in [0, 0.1) is 19.8 Å². The van der Waals surface area contributed by atoms with Crippen molar-refractivity contribution < 1.29 is 0 Å². The van der Waals surface area contributed by atoms with Crippen LogP contribution in [0.25, 0.3) is 0 Å². The maximum atomic E-state index is 4.42. The first kappa shape index (κ1) is 13.2. The minimum absolute atomic E-state index is 0.461. The van der Waals surface area contributed by atoms with Crippen molar-refractivity contribution in [3.8, 4) is 0 Å². The number of hydrogen-bond acceptors (Lipinski definition) is 2. The van der Waals surface area contributed by atoms with E-state index in [9.17, 15) is 0 Å². The Hall–Kier alpha value is -0.890. The summed E-state index contributed by atoms with van der Waals surface area (Å²) < 4.78 is 0. The normalized spacial score (nSPS) is 13.1. The van der Waals surface area contributed by atoms with Gasteiger partial charge >= 0.3 is 0 Å². The molecule has 0 radical (unpaired) electrons. The second-order valence-electron chi connectivity index (χ2n) is 5.00. The Kier molecular flexibility index (Phi) is 4.94. The van der Waals surface area contributed by atoms with E-state index in [-0.39, 0.29) is 0 Å². The molecule has 1 aromatic heterocycles. The van der Waals surface area contributed by atoms with Gasteiger partial charge in [0.25, 0.3) is 0 Å². The van der Waals surface area contributed by atoms with Gasteiger partial charge in [-0.2, -0.15) is 0 Å². The van der Waals surface area contributed by atoms with Gasteiger partial charge in [0.1, 0.15) is 0 Å². The molecule has 0 aromatic carbocycles. The van der Waals surface area contributed by atoms with Crippen LogP contribution >= 0.6 is 0 Å². The topological polar surface area (TPSA) is 24.9 Å². The second-order valence-corrected chi connectivity index (χ2v) is 5.00. The highest BCUT2D eigenvalue weighted by atomic mass is 14.9. The van der Waals surface area contributed by atoms with Crippen LogP contribution in [0.3, 0.4) is 0 Å². The van der Waals surface area contributed by atoms with Gasteiger partial charge in [0.05, 0.1) is 0 Å². The van der Waals surface area contributed by atoms with E-state index in [1.807, 2.05) is 7.05 Å². The van der Waals surface area contributed by atoms with Crippen LogP contribution in [0.2, 0.25) is 0 Å². The molecule has 1 heterocycles. The van der Waals surface area contributed by atoms with Gasteiger partial charge in [-0.15, -0.1) is 0 Å². The van der Waals surface area contributed by atoms with E-state index in [0.29, 0.717) is 6.04 Å². The summed E-state index contributed by atoms with van der Waals surface area (Å²) in [4.78, 5) is 4.42. The molecule has 1 N–H and O–H groups in total. The van der Waals surface area contributed by atoms with Crippen LogP contribution in [0.5, 0.6) is 0 Å². The van der Waals surface area contributed by atoms with Crippen LogP contribution < -0.4 is 5.32 Å². The van der Waals surface area contributed by atoms with E-state index in [0.717, 1.165) is 17.3 Å². The Morgan fingerprint density at radius 1 is 1.12 bits per heavy atom. The molecule has 0 amide bonds. The number of aromatic nitrogens is 1. The summed E-state index contributed by atoms with van der Waals surface area (Å²) >= 11 is 0. The van der Waals surface area contributed by atoms with Crippen LogP contribution in [0.1, 0.15) is 49.7 Å². The van der Waals surface area contributed by atoms with Gasteiger partial charge < -0.3 is 5.32 Å². The average molecular weight is 220 g/mol. The van der Waals surface area contributed by atoms with Crippen molar-refractivity contribution in [3.63, 3.8) is 0 Å². The van der Waals surface area contributed by atoms with Crippen molar-refractivity contribution in [2.24, 2.45) is 5.92 Å². The first-order valence-electron chi connectivity index (χ1n) is 6.15. The lowest BCUT2D eigenvalue weighted by molar-refractivity contribution is 0.464. The van der Waals surface area contributed by atoms with E-state index in [1.165, 1.54) is 18.4 Å². The minimum atomic E-state index is 0.461. The van der Waals surface area contributed by atoms with Crippen molar-refractivity contribution >= 4 is 0 Å². The van der Waals surface area contributed by atoms with Gasteiger partial charge in [0.15, 0.2) is 0 Å². The van der Waals surface area contributed by atoms with E-state index < -0.39 is 0 Å². The summed E-state index contributed by atoms with van der Waals surface area (Å²) in [5, 5.41) is 3.40. The molecule has 1 unspecified atom stereocenters. The Morgan fingerprint density at radius 2 is 1.69 bits per heavy atom. The summed E-state index contributed by atoms with van der Waals surface area (Å²) in [7, 11) is 2.04. The lowest BCUT2D eigenvalue weighted by Gasteiger charge is -2.18. The third-order valence-electron chi connectivity index (χ3n) is 2.89. The molecule has 0 aliphatic heterocycles. The summed E-state index contributed by atoms with van der Waals surface area (Å²) in [6.07, 6.45) is 2.45. The molecule has 1 rings (SSSR count). The van der Waals surface area contributed by atoms with E-state index >= 15 is 0 Å². The van der Waals surface area contributed by atoms with Crippen LogP contribution in [-0.2, 0) is 0 Å². The first-order chi connectivity index (χ1) is 7.52. The highest BCUT2D eigenvalue weighted by molar-refractivity contribution is 5.23. The Labute approximate surface area is 99.5 Å². The molecule has 2 nitrogen and oxygen atoms in total. The molecule has 1 aromatic rings. The molecule has 0 aliphatic rings. The molecule has 2 heteroatoms. The van der Waals surface area contributed by atoms with Crippen LogP contribution in [0.15, 0.2) is 12.1 Å². The molecule has 0 fully saturated rings. The maximum absolute atomic E-state index is 4.42. The maximum Gasteiger partial charge on any atom is 0.0379 e. The van der Waals surface area contributed by atoms with Crippen molar-refractivity contribution in [1.29, 1.82) is 0 Å². The SMILES string of the molecule is CNC(CCC(C)C)c1cc(C)nc(C)c1. The molecule has 1 atom stereocenters. The Morgan fingerprint density at radius 3 is 2.12 bits per heavy atom. The fraction of sp³-hybridized carbons (Fsp3) is 0.643. The number of rotatable bonds is 5. The zero-order valence-electron chi connectivity index (χ0n) is 11.2. The molecule has 0 saturated carbocycles. The first-order valence-corrected chi connectivity index (χ1v) is 6.15. The quantitative estimate of drug-likeness (QED) is 0.822. The number of nitrogens with one attached hydrogen (secondary N) is 1. The second kappa shape index (κ2) is 6.00. The number of nitrogens with zero attached hydrogens (tertiary/aromatic N) is 1. The monoisotopic (exact) mass is 220 g/mol. The summed E-state index contributed by atoms with van der Waals surface area (Å²) in [6.45, 7) is 8.67. The Balaban J connectivity index is 2.78. The van der Waals surface area contributed by atoms with E-state index in [2.05, 4.69) is 50.1 Å². The highest BCUT2D eigenvalue weighted by Crippen LogP contribution is 2.21. The molecule has 0 bridgehead atoms. The molecule has 90 valence electrons. The predicted molar refractivity (Wildman–Crippen MR) is 69.6 cm³/mol. The van der Waals surface area contributed by atoms with Gasteiger partial charge in [-0.05, 0) is 57.4 Å². The van der Waals surface area contributed by atoms with Gasteiger partial charge in [-0.3, -0.25) is 4.98 Å². The summed E-state index contributed by atoms with van der Waals surface area (Å²) in [6, 6.07) is 4.84. The summed E-state index contributed by atoms with van der Waals surface area (Å²) in [5.41, 5.74) is 3.59. The van der Waals surface area contributed by atoms with Gasteiger partial charge in [-0.1, -0.05) is 13.8 Å². The van der Waals surface area contributed by atoms with Gasteiger partial charge in [0, 0.05) is 17.4 Å². The third-order valence-corrected chi connectivity index (χ3v) is 2.89. The summed E-state index contributed by atoms with van der Waals surface area (Å²) in [5.74, 6) is 0.764. The molecular weight excluding hydrogens is 196 g/mol.